The molecule has 1 unspecified atom stereocenters. The minimum Gasteiger partial charge on any atom is -0.326 e. The Morgan fingerprint density at radius 3 is 2.47 bits per heavy atom. The van der Waals surface area contributed by atoms with Crippen LogP contribution in [0.5, 0.6) is 0 Å². The molecule has 1 aliphatic heterocycles. The van der Waals surface area contributed by atoms with Crippen molar-refractivity contribution in [3.05, 3.63) is 30.1 Å². The summed E-state index contributed by atoms with van der Waals surface area (Å²) in [5.74, 6) is 0. The number of pyridine rings is 1. The molecule has 1 fully saturated rings. The number of rotatable bonds is 6. The average molecular weight is 261 g/mol. The van der Waals surface area contributed by atoms with Crippen LogP contribution in [-0.2, 0) is 6.42 Å². The van der Waals surface area contributed by atoms with Gasteiger partial charge in [0.15, 0.2) is 0 Å². The summed E-state index contributed by atoms with van der Waals surface area (Å²) >= 11 is 0. The lowest BCUT2D eigenvalue weighted by Gasteiger charge is -2.45. The molecule has 3 nitrogen and oxygen atoms in total. The van der Waals surface area contributed by atoms with Gasteiger partial charge in [0.25, 0.3) is 0 Å². The van der Waals surface area contributed by atoms with Gasteiger partial charge in [-0.05, 0) is 50.9 Å². The van der Waals surface area contributed by atoms with Crippen LogP contribution in [0.15, 0.2) is 24.4 Å². The van der Waals surface area contributed by atoms with Crippen LogP contribution < -0.4 is 5.73 Å². The molecule has 0 spiro atoms. The Kier molecular flexibility index (Phi) is 4.94. The fourth-order valence-corrected chi connectivity index (χ4v) is 3.55. The number of hydrogen-bond donors (Lipinski definition) is 1. The second-order valence-corrected chi connectivity index (χ2v) is 5.64. The minimum atomic E-state index is 0.147. The Hall–Kier alpha value is -0.930. The van der Waals surface area contributed by atoms with Crippen LogP contribution in [0.3, 0.4) is 0 Å². The normalized spacial score (nSPS) is 18.7. The summed E-state index contributed by atoms with van der Waals surface area (Å²) in [7, 11) is 0. The van der Waals surface area contributed by atoms with E-state index in [0.29, 0.717) is 0 Å². The van der Waals surface area contributed by atoms with Crippen LogP contribution in [0.1, 0.15) is 45.2 Å². The lowest BCUT2D eigenvalue weighted by Crippen LogP contribution is -2.59. The van der Waals surface area contributed by atoms with Crippen molar-refractivity contribution >= 4 is 0 Å². The second-order valence-electron chi connectivity index (χ2n) is 5.64. The maximum Gasteiger partial charge on any atom is 0.0419 e. The van der Waals surface area contributed by atoms with E-state index >= 15 is 0 Å². The van der Waals surface area contributed by atoms with Gasteiger partial charge in [-0.1, -0.05) is 19.9 Å². The standard InChI is InChI=1S/C16H27N3/c1-3-16(4-2,19-11-7-8-12-19)15(17)13-14-9-5-6-10-18-14/h5-6,9-10,15H,3-4,7-8,11-13,17H2,1-2H3. The van der Waals surface area contributed by atoms with Gasteiger partial charge < -0.3 is 5.73 Å². The molecule has 2 heterocycles. The van der Waals surface area contributed by atoms with Crippen molar-refractivity contribution in [2.75, 3.05) is 13.1 Å². The fraction of sp³-hybridized carbons (Fsp3) is 0.688. The first-order valence-corrected chi connectivity index (χ1v) is 7.63. The molecule has 106 valence electrons. The molecule has 3 heteroatoms. The zero-order chi connectivity index (χ0) is 13.7. The summed E-state index contributed by atoms with van der Waals surface area (Å²) < 4.78 is 0. The van der Waals surface area contributed by atoms with Crippen molar-refractivity contribution < 1.29 is 0 Å². The molecule has 0 saturated carbocycles. The van der Waals surface area contributed by atoms with E-state index in [1.807, 2.05) is 18.3 Å². The summed E-state index contributed by atoms with van der Waals surface area (Å²) in [5, 5.41) is 0. The van der Waals surface area contributed by atoms with Crippen molar-refractivity contribution in [2.24, 2.45) is 5.73 Å². The van der Waals surface area contributed by atoms with E-state index in [9.17, 15) is 0 Å². The second kappa shape index (κ2) is 6.49. The van der Waals surface area contributed by atoms with E-state index in [-0.39, 0.29) is 11.6 Å². The van der Waals surface area contributed by atoms with E-state index in [0.717, 1.165) is 25.0 Å². The van der Waals surface area contributed by atoms with Gasteiger partial charge in [-0.2, -0.15) is 0 Å². The summed E-state index contributed by atoms with van der Waals surface area (Å²) in [6.45, 7) is 6.97. The molecule has 0 aliphatic carbocycles. The van der Waals surface area contributed by atoms with Gasteiger partial charge in [-0.25, -0.2) is 0 Å². The van der Waals surface area contributed by atoms with E-state index in [1.165, 1.54) is 25.9 Å². The Morgan fingerprint density at radius 1 is 1.26 bits per heavy atom. The van der Waals surface area contributed by atoms with E-state index in [1.54, 1.807) is 0 Å². The molecule has 19 heavy (non-hydrogen) atoms. The molecule has 1 aromatic rings. The van der Waals surface area contributed by atoms with Crippen LogP contribution in [-0.4, -0.2) is 34.6 Å². The summed E-state index contributed by atoms with van der Waals surface area (Å²) in [5.41, 5.74) is 7.86. The summed E-state index contributed by atoms with van der Waals surface area (Å²) in [4.78, 5) is 7.05. The van der Waals surface area contributed by atoms with Crippen LogP contribution in [0, 0.1) is 0 Å². The first-order chi connectivity index (χ1) is 9.23. The molecular formula is C16H27N3. The third-order valence-corrected chi connectivity index (χ3v) is 4.81. The number of hydrogen-bond acceptors (Lipinski definition) is 3. The van der Waals surface area contributed by atoms with Crippen LogP contribution in [0.2, 0.25) is 0 Å². The molecule has 0 amide bonds. The maximum atomic E-state index is 6.60. The molecule has 2 N–H and O–H groups in total. The van der Waals surface area contributed by atoms with Crippen molar-refractivity contribution in [1.82, 2.24) is 9.88 Å². The summed E-state index contributed by atoms with van der Waals surface area (Å²) in [6.07, 6.45) is 7.61. The Bertz CT molecular complexity index is 367. The topological polar surface area (TPSA) is 42.1 Å². The largest absolute Gasteiger partial charge is 0.326 e. The van der Waals surface area contributed by atoms with Gasteiger partial charge in [0.1, 0.15) is 0 Å². The molecule has 1 saturated heterocycles. The first kappa shape index (κ1) is 14.5. The van der Waals surface area contributed by atoms with E-state index in [4.69, 9.17) is 5.73 Å². The zero-order valence-electron chi connectivity index (χ0n) is 12.3. The van der Waals surface area contributed by atoms with Gasteiger partial charge in [0.05, 0.1) is 0 Å². The predicted molar refractivity (Wildman–Crippen MR) is 80.0 cm³/mol. The number of aromatic nitrogens is 1. The monoisotopic (exact) mass is 261 g/mol. The maximum absolute atomic E-state index is 6.60. The lowest BCUT2D eigenvalue weighted by molar-refractivity contribution is 0.0765. The molecule has 2 rings (SSSR count). The fourth-order valence-electron chi connectivity index (χ4n) is 3.55. The smallest absolute Gasteiger partial charge is 0.0419 e. The van der Waals surface area contributed by atoms with Gasteiger partial charge in [0.2, 0.25) is 0 Å². The summed E-state index contributed by atoms with van der Waals surface area (Å²) in [6, 6.07) is 6.25. The number of nitrogens with two attached hydrogens (primary N) is 1. The first-order valence-electron chi connectivity index (χ1n) is 7.63. The highest BCUT2D eigenvalue weighted by Gasteiger charge is 2.40. The molecule has 0 radical (unpaired) electrons. The van der Waals surface area contributed by atoms with Crippen molar-refractivity contribution in [3.63, 3.8) is 0 Å². The zero-order valence-corrected chi connectivity index (χ0v) is 12.3. The lowest BCUT2D eigenvalue weighted by atomic mass is 9.81. The number of nitrogens with zero attached hydrogens (tertiary/aromatic N) is 2. The van der Waals surface area contributed by atoms with Gasteiger partial charge in [-0.3, -0.25) is 9.88 Å². The Morgan fingerprint density at radius 2 is 1.95 bits per heavy atom. The van der Waals surface area contributed by atoms with Crippen LogP contribution in [0.4, 0.5) is 0 Å². The van der Waals surface area contributed by atoms with Crippen molar-refractivity contribution in [2.45, 2.75) is 57.5 Å². The SMILES string of the molecule is CCC(CC)(C(N)Cc1ccccn1)N1CCCC1. The molecule has 1 aliphatic rings. The predicted octanol–water partition coefficient (Wildman–Crippen LogP) is 2.61. The highest BCUT2D eigenvalue weighted by atomic mass is 15.2. The minimum absolute atomic E-state index is 0.147. The molecule has 0 bridgehead atoms. The average Bonchev–Trinajstić information content (AvgIpc) is 2.96. The Balaban J connectivity index is 2.13. The quantitative estimate of drug-likeness (QED) is 0.856. The highest BCUT2D eigenvalue weighted by Crippen LogP contribution is 2.31. The molecule has 1 aromatic heterocycles. The van der Waals surface area contributed by atoms with E-state index in [2.05, 4.69) is 29.8 Å². The van der Waals surface area contributed by atoms with Crippen LogP contribution >= 0.6 is 0 Å². The van der Waals surface area contributed by atoms with Gasteiger partial charge >= 0.3 is 0 Å². The van der Waals surface area contributed by atoms with E-state index < -0.39 is 0 Å². The van der Waals surface area contributed by atoms with Crippen LogP contribution in [0.25, 0.3) is 0 Å². The molecule has 0 aromatic carbocycles. The van der Waals surface area contributed by atoms with Crippen molar-refractivity contribution in [1.29, 1.82) is 0 Å². The molecular weight excluding hydrogens is 234 g/mol. The third kappa shape index (κ3) is 2.98. The van der Waals surface area contributed by atoms with Crippen molar-refractivity contribution in [3.8, 4) is 0 Å². The number of likely N-dealkylation sites (tertiary alicyclic amines) is 1. The van der Waals surface area contributed by atoms with Gasteiger partial charge in [-0.15, -0.1) is 0 Å². The van der Waals surface area contributed by atoms with Gasteiger partial charge in [0, 0.05) is 29.9 Å². The third-order valence-electron chi connectivity index (χ3n) is 4.81. The Labute approximate surface area is 117 Å². The molecule has 1 atom stereocenters. The highest BCUT2D eigenvalue weighted by molar-refractivity contribution is 5.09.